The van der Waals surface area contributed by atoms with E-state index in [4.69, 9.17) is 9.84 Å². The minimum atomic E-state index is -0.306. The summed E-state index contributed by atoms with van der Waals surface area (Å²) in [6, 6.07) is 22.4. The van der Waals surface area contributed by atoms with Gasteiger partial charge in [0.1, 0.15) is 11.5 Å². The molecule has 0 bridgehead atoms. The number of amides is 2. The number of rotatable bonds is 7. The van der Waals surface area contributed by atoms with Crippen LogP contribution in [0, 0.1) is 5.92 Å². The number of benzene rings is 3. The van der Waals surface area contributed by atoms with Crippen LogP contribution in [0.4, 0.5) is 16.2 Å². The van der Waals surface area contributed by atoms with Crippen molar-refractivity contribution >= 4 is 28.3 Å². The van der Waals surface area contributed by atoms with E-state index in [0.717, 1.165) is 35.7 Å². The molecular formula is C28H31N5O2. The fourth-order valence-corrected chi connectivity index (χ4v) is 4.31. The lowest BCUT2D eigenvalue weighted by molar-refractivity contribution is 0.184. The second-order valence-electron chi connectivity index (χ2n) is 9.21. The summed E-state index contributed by atoms with van der Waals surface area (Å²) in [5, 5.41) is 11.5. The van der Waals surface area contributed by atoms with Crippen LogP contribution in [0.5, 0.6) is 11.5 Å². The number of carbonyl (C=O) groups excluding carboxylic acids is 1. The summed E-state index contributed by atoms with van der Waals surface area (Å²) in [5.41, 5.74) is 2.26. The fraction of sp³-hybridized carbons (Fsp3) is 0.286. The van der Waals surface area contributed by atoms with Crippen molar-refractivity contribution in [2.45, 2.75) is 26.3 Å². The van der Waals surface area contributed by atoms with Gasteiger partial charge in [-0.1, -0.05) is 25.1 Å². The van der Waals surface area contributed by atoms with Crippen molar-refractivity contribution in [3.8, 4) is 11.5 Å². The van der Waals surface area contributed by atoms with Gasteiger partial charge in [-0.05, 0) is 86.4 Å². The summed E-state index contributed by atoms with van der Waals surface area (Å²) in [4.78, 5) is 15.0. The lowest BCUT2D eigenvalue weighted by Crippen LogP contribution is -2.35. The average molecular weight is 470 g/mol. The van der Waals surface area contributed by atoms with Crippen molar-refractivity contribution in [3.05, 3.63) is 79.0 Å². The number of hydrogen-bond acceptors (Lipinski definition) is 4. The number of carbonyl (C=O) groups is 1. The Kier molecular flexibility index (Phi) is 6.95. The Labute approximate surface area is 205 Å². The van der Waals surface area contributed by atoms with Crippen LogP contribution < -0.4 is 15.4 Å². The number of likely N-dealkylation sites (tertiary alicyclic amines) is 1. The average Bonchev–Trinajstić information content (AvgIpc) is 3.28. The number of nitrogens with zero attached hydrogens (tertiary/aromatic N) is 3. The van der Waals surface area contributed by atoms with E-state index in [0.29, 0.717) is 17.1 Å². The molecule has 1 saturated heterocycles. The topological polar surface area (TPSA) is 71.4 Å². The summed E-state index contributed by atoms with van der Waals surface area (Å²) in [7, 11) is 0. The molecule has 35 heavy (non-hydrogen) atoms. The first kappa shape index (κ1) is 22.9. The predicted octanol–water partition coefficient (Wildman–Crippen LogP) is 6.20. The summed E-state index contributed by atoms with van der Waals surface area (Å²) >= 11 is 0. The highest BCUT2D eigenvalue weighted by Crippen LogP contribution is 2.23. The van der Waals surface area contributed by atoms with E-state index in [1.165, 1.54) is 25.9 Å². The lowest BCUT2D eigenvalue weighted by Gasteiger charge is -2.29. The molecule has 5 rings (SSSR count). The van der Waals surface area contributed by atoms with Gasteiger partial charge in [-0.2, -0.15) is 5.10 Å². The third-order valence-electron chi connectivity index (χ3n) is 6.43. The van der Waals surface area contributed by atoms with Crippen molar-refractivity contribution in [3.63, 3.8) is 0 Å². The molecule has 0 saturated carbocycles. The monoisotopic (exact) mass is 469 g/mol. The van der Waals surface area contributed by atoms with Crippen LogP contribution in [0.1, 0.15) is 19.8 Å². The Morgan fingerprint density at radius 3 is 2.37 bits per heavy atom. The van der Waals surface area contributed by atoms with Crippen molar-refractivity contribution in [2.75, 3.05) is 30.3 Å². The Morgan fingerprint density at radius 2 is 1.60 bits per heavy atom. The molecule has 3 aromatic carbocycles. The number of nitrogens with one attached hydrogen (secondary N) is 2. The molecular weight excluding hydrogens is 438 g/mol. The highest BCUT2D eigenvalue weighted by Gasteiger charge is 2.15. The zero-order chi connectivity index (χ0) is 24.0. The Morgan fingerprint density at radius 1 is 0.914 bits per heavy atom. The summed E-state index contributed by atoms with van der Waals surface area (Å²) < 4.78 is 7.80. The fourth-order valence-electron chi connectivity index (χ4n) is 4.31. The van der Waals surface area contributed by atoms with Gasteiger partial charge >= 0.3 is 6.03 Å². The maximum atomic E-state index is 12.5. The Bertz CT molecular complexity index is 1260. The first-order valence-corrected chi connectivity index (χ1v) is 12.2. The van der Waals surface area contributed by atoms with Crippen LogP contribution in [0.3, 0.4) is 0 Å². The van der Waals surface area contributed by atoms with E-state index >= 15 is 0 Å². The van der Waals surface area contributed by atoms with Crippen molar-refractivity contribution in [2.24, 2.45) is 5.92 Å². The van der Waals surface area contributed by atoms with Crippen molar-refractivity contribution < 1.29 is 9.53 Å². The van der Waals surface area contributed by atoms with Crippen molar-refractivity contribution in [1.29, 1.82) is 0 Å². The van der Waals surface area contributed by atoms with Gasteiger partial charge in [-0.3, -0.25) is 4.68 Å². The van der Waals surface area contributed by atoms with E-state index in [2.05, 4.69) is 28.7 Å². The predicted molar refractivity (Wildman–Crippen MR) is 140 cm³/mol. The van der Waals surface area contributed by atoms with Gasteiger partial charge < -0.3 is 20.3 Å². The summed E-state index contributed by atoms with van der Waals surface area (Å²) in [6.45, 7) is 6.57. The van der Waals surface area contributed by atoms with Crippen LogP contribution in [0.25, 0.3) is 10.9 Å². The maximum absolute atomic E-state index is 12.5. The molecule has 0 atom stereocenters. The molecule has 180 valence electrons. The van der Waals surface area contributed by atoms with E-state index in [1.807, 2.05) is 77.5 Å². The summed E-state index contributed by atoms with van der Waals surface area (Å²) in [6.07, 6.45) is 4.64. The number of urea groups is 1. The van der Waals surface area contributed by atoms with Gasteiger partial charge in [0, 0.05) is 29.5 Å². The molecule has 0 aliphatic carbocycles. The molecule has 1 aliphatic heterocycles. The van der Waals surface area contributed by atoms with Gasteiger partial charge in [-0.15, -0.1) is 0 Å². The standard InChI is InChI=1S/C28H31N5O2/c1-21-13-15-32(16-14-21)17-18-33-20-22-7-8-24(19-27(22)31-33)30-28(34)29-23-9-11-26(12-10-23)35-25-5-3-2-4-6-25/h2-12,19-21H,13-18H2,1H3,(H2,29,30,34). The Hall–Kier alpha value is -3.84. The highest BCUT2D eigenvalue weighted by molar-refractivity contribution is 6.00. The van der Waals surface area contributed by atoms with Crippen LogP contribution in [-0.4, -0.2) is 40.3 Å². The molecule has 0 spiro atoms. The molecule has 1 aliphatic rings. The van der Waals surface area contributed by atoms with Gasteiger partial charge in [0.2, 0.25) is 0 Å². The molecule has 7 nitrogen and oxygen atoms in total. The molecule has 2 N–H and O–H groups in total. The van der Waals surface area contributed by atoms with E-state index in [9.17, 15) is 4.79 Å². The molecule has 0 radical (unpaired) electrons. The quantitative estimate of drug-likeness (QED) is 0.338. The van der Waals surface area contributed by atoms with Crippen LogP contribution in [-0.2, 0) is 6.54 Å². The summed E-state index contributed by atoms with van der Waals surface area (Å²) in [5.74, 6) is 2.32. The second-order valence-corrected chi connectivity index (χ2v) is 9.21. The van der Waals surface area contributed by atoms with E-state index in [-0.39, 0.29) is 6.03 Å². The molecule has 1 fully saturated rings. The maximum Gasteiger partial charge on any atom is 0.323 e. The van der Waals surface area contributed by atoms with Gasteiger partial charge in [0.05, 0.1) is 12.1 Å². The number of aromatic nitrogens is 2. The normalized spacial score (nSPS) is 14.7. The van der Waals surface area contributed by atoms with Crippen LogP contribution in [0.2, 0.25) is 0 Å². The highest BCUT2D eigenvalue weighted by atomic mass is 16.5. The third-order valence-corrected chi connectivity index (χ3v) is 6.43. The van der Waals surface area contributed by atoms with Gasteiger partial charge in [-0.25, -0.2) is 4.79 Å². The second kappa shape index (κ2) is 10.6. The SMILES string of the molecule is CC1CCN(CCn2cc3ccc(NC(=O)Nc4ccc(Oc5ccccc5)cc4)cc3n2)CC1. The van der Waals surface area contributed by atoms with Gasteiger partial charge in [0.25, 0.3) is 0 Å². The van der Waals surface area contributed by atoms with Crippen molar-refractivity contribution in [1.82, 2.24) is 14.7 Å². The molecule has 1 aromatic heterocycles. The smallest absolute Gasteiger partial charge is 0.323 e. The zero-order valence-electron chi connectivity index (χ0n) is 20.0. The molecule has 2 amide bonds. The van der Waals surface area contributed by atoms with Crippen LogP contribution in [0.15, 0.2) is 79.0 Å². The first-order valence-electron chi connectivity index (χ1n) is 12.2. The van der Waals surface area contributed by atoms with E-state index < -0.39 is 0 Å². The van der Waals surface area contributed by atoms with Crippen LogP contribution >= 0.6 is 0 Å². The minimum absolute atomic E-state index is 0.306. The number of piperidine rings is 1. The van der Waals surface area contributed by atoms with Gasteiger partial charge in [0.15, 0.2) is 0 Å². The number of para-hydroxylation sites is 1. The number of hydrogen-bond donors (Lipinski definition) is 2. The first-order chi connectivity index (χ1) is 17.1. The molecule has 2 heterocycles. The largest absolute Gasteiger partial charge is 0.457 e. The lowest BCUT2D eigenvalue weighted by atomic mass is 9.99. The number of anilines is 2. The Balaban J connectivity index is 1.14. The zero-order valence-corrected chi connectivity index (χ0v) is 20.0. The third kappa shape index (κ3) is 6.19. The number of ether oxygens (including phenoxy) is 1. The minimum Gasteiger partial charge on any atom is -0.457 e. The number of fused-ring (bicyclic) bond motifs is 1. The molecule has 4 aromatic rings. The molecule has 0 unspecified atom stereocenters. The van der Waals surface area contributed by atoms with E-state index in [1.54, 1.807) is 0 Å². The molecule has 7 heteroatoms.